The lowest BCUT2D eigenvalue weighted by Gasteiger charge is -2.25. The lowest BCUT2D eigenvalue weighted by molar-refractivity contribution is -0.132. The zero-order valence-corrected chi connectivity index (χ0v) is 12.8. The first-order valence-electron chi connectivity index (χ1n) is 8.40. The molecule has 2 saturated heterocycles. The van der Waals surface area contributed by atoms with Gasteiger partial charge in [-0.1, -0.05) is 30.3 Å². The normalized spacial score (nSPS) is 25.4. The zero-order valence-electron chi connectivity index (χ0n) is 12.8. The van der Waals surface area contributed by atoms with Crippen molar-refractivity contribution in [2.45, 2.75) is 57.0 Å². The number of likely N-dealkylation sites (tertiary alicyclic amines) is 1. The number of hydrogen-bond acceptors (Lipinski definition) is 2. The lowest BCUT2D eigenvalue weighted by atomic mass is 10.0. The molecule has 0 saturated carbocycles. The molecule has 1 aromatic carbocycles. The third-order valence-electron chi connectivity index (χ3n) is 4.88. The summed E-state index contributed by atoms with van der Waals surface area (Å²) in [6.07, 6.45) is 7.54. The van der Waals surface area contributed by atoms with E-state index in [0.717, 1.165) is 38.8 Å². The van der Waals surface area contributed by atoms with Crippen molar-refractivity contribution >= 4 is 5.91 Å². The predicted molar refractivity (Wildman–Crippen MR) is 85.1 cm³/mol. The van der Waals surface area contributed by atoms with Gasteiger partial charge in [-0.05, 0) is 50.6 Å². The third kappa shape index (κ3) is 3.85. The van der Waals surface area contributed by atoms with E-state index in [1.54, 1.807) is 0 Å². The summed E-state index contributed by atoms with van der Waals surface area (Å²) >= 11 is 0. The molecule has 0 radical (unpaired) electrons. The summed E-state index contributed by atoms with van der Waals surface area (Å²) < 4.78 is 0. The first kappa shape index (κ1) is 14.6. The highest BCUT2D eigenvalue weighted by molar-refractivity contribution is 5.76. The summed E-state index contributed by atoms with van der Waals surface area (Å²) in [5.74, 6) is 0.363. The first-order chi connectivity index (χ1) is 10.3. The van der Waals surface area contributed by atoms with E-state index < -0.39 is 0 Å². The molecule has 3 rings (SSSR count). The minimum Gasteiger partial charge on any atom is -0.339 e. The molecule has 0 spiro atoms. The molecule has 2 aliphatic heterocycles. The summed E-state index contributed by atoms with van der Waals surface area (Å²) in [4.78, 5) is 14.6. The van der Waals surface area contributed by atoms with Gasteiger partial charge < -0.3 is 10.2 Å². The van der Waals surface area contributed by atoms with Gasteiger partial charge in [0.1, 0.15) is 0 Å². The molecule has 2 heterocycles. The molecule has 1 aromatic rings. The Morgan fingerprint density at radius 2 is 2.05 bits per heavy atom. The number of hydrogen-bond donors (Lipinski definition) is 1. The largest absolute Gasteiger partial charge is 0.339 e. The molecule has 0 aliphatic carbocycles. The van der Waals surface area contributed by atoms with E-state index in [0.29, 0.717) is 24.4 Å². The van der Waals surface area contributed by atoms with E-state index >= 15 is 0 Å². The highest BCUT2D eigenvalue weighted by Crippen LogP contribution is 2.23. The fourth-order valence-corrected chi connectivity index (χ4v) is 3.71. The Balaban J connectivity index is 1.52. The molecule has 2 fully saturated rings. The summed E-state index contributed by atoms with van der Waals surface area (Å²) in [7, 11) is 0. The quantitative estimate of drug-likeness (QED) is 0.902. The van der Waals surface area contributed by atoms with Gasteiger partial charge in [0.25, 0.3) is 0 Å². The van der Waals surface area contributed by atoms with Crippen LogP contribution in [0.15, 0.2) is 30.3 Å². The van der Waals surface area contributed by atoms with Crippen LogP contribution in [0.5, 0.6) is 0 Å². The number of rotatable bonds is 5. The average molecular weight is 286 g/mol. The Morgan fingerprint density at radius 1 is 1.19 bits per heavy atom. The summed E-state index contributed by atoms with van der Waals surface area (Å²) in [5.41, 5.74) is 1.35. The molecule has 114 valence electrons. The van der Waals surface area contributed by atoms with E-state index in [1.165, 1.54) is 18.4 Å². The van der Waals surface area contributed by atoms with Crippen LogP contribution in [0.25, 0.3) is 0 Å². The second-order valence-corrected chi connectivity index (χ2v) is 6.40. The molecule has 3 heteroatoms. The topological polar surface area (TPSA) is 32.3 Å². The number of carbonyl (C=O) groups excluding carboxylic acids is 1. The Labute approximate surface area is 127 Å². The van der Waals surface area contributed by atoms with Crippen LogP contribution in [0, 0.1) is 0 Å². The molecule has 3 nitrogen and oxygen atoms in total. The SMILES string of the molecule is O=C(CCC1CCCN1)N1CCCC1Cc1ccccc1. The van der Waals surface area contributed by atoms with Crippen molar-refractivity contribution in [1.29, 1.82) is 0 Å². The molecule has 0 bridgehead atoms. The van der Waals surface area contributed by atoms with Crippen molar-refractivity contribution in [3.8, 4) is 0 Å². The molecule has 21 heavy (non-hydrogen) atoms. The van der Waals surface area contributed by atoms with Gasteiger partial charge in [0.05, 0.1) is 0 Å². The van der Waals surface area contributed by atoms with Gasteiger partial charge in [0, 0.05) is 25.0 Å². The maximum atomic E-state index is 12.5. The summed E-state index contributed by atoms with van der Waals surface area (Å²) in [6.45, 7) is 2.08. The van der Waals surface area contributed by atoms with Crippen molar-refractivity contribution < 1.29 is 4.79 Å². The van der Waals surface area contributed by atoms with Gasteiger partial charge in [-0.25, -0.2) is 0 Å². The molecule has 0 aromatic heterocycles. The monoisotopic (exact) mass is 286 g/mol. The molecule has 2 atom stereocenters. The lowest BCUT2D eigenvalue weighted by Crippen LogP contribution is -2.37. The smallest absolute Gasteiger partial charge is 0.222 e. The molecule has 1 amide bonds. The average Bonchev–Trinajstić information content (AvgIpc) is 3.17. The second-order valence-electron chi connectivity index (χ2n) is 6.40. The van der Waals surface area contributed by atoms with Crippen LogP contribution >= 0.6 is 0 Å². The minimum atomic E-state index is 0.363. The molecule has 2 aliphatic rings. The van der Waals surface area contributed by atoms with Gasteiger partial charge in [-0.15, -0.1) is 0 Å². The Kier molecular flexibility index (Phi) is 4.91. The fourth-order valence-electron chi connectivity index (χ4n) is 3.71. The van der Waals surface area contributed by atoms with Crippen molar-refractivity contribution in [2.24, 2.45) is 0 Å². The molecular weight excluding hydrogens is 260 g/mol. The van der Waals surface area contributed by atoms with Gasteiger partial charge in [0.15, 0.2) is 0 Å². The second kappa shape index (κ2) is 7.08. The van der Waals surface area contributed by atoms with Crippen molar-refractivity contribution in [1.82, 2.24) is 10.2 Å². The Hall–Kier alpha value is -1.35. The van der Waals surface area contributed by atoms with Crippen molar-refractivity contribution in [3.05, 3.63) is 35.9 Å². The predicted octanol–water partition coefficient (Wildman–Crippen LogP) is 2.75. The van der Waals surface area contributed by atoms with Gasteiger partial charge in [0.2, 0.25) is 5.91 Å². The van der Waals surface area contributed by atoms with Gasteiger partial charge >= 0.3 is 0 Å². The van der Waals surface area contributed by atoms with Gasteiger partial charge in [-0.2, -0.15) is 0 Å². The third-order valence-corrected chi connectivity index (χ3v) is 4.88. The standard InChI is InChI=1S/C18H26N2O/c21-18(11-10-16-8-4-12-19-16)20-13-5-9-17(20)14-15-6-2-1-3-7-15/h1-3,6-7,16-17,19H,4-5,8-14H2. The molecule has 1 N–H and O–H groups in total. The number of benzene rings is 1. The van der Waals surface area contributed by atoms with Crippen LogP contribution in [0.2, 0.25) is 0 Å². The maximum absolute atomic E-state index is 12.5. The molecular formula is C18H26N2O. The van der Waals surface area contributed by atoms with Crippen LogP contribution < -0.4 is 5.32 Å². The van der Waals surface area contributed by atoms with E-state index in [-0.39, 0.29) is 0 Å². The van der Waals surface area contributed by atoms with E-state index in [9.17, 15) is 4.79 Å². The van der Waals surface area contributed by atoms with Crippen LogP contribution in [-0.2, 0) is 11.2 Å². The van der Waals surface area contributed by atoms with E-state index in [2.05, 4.69) is 40.5 Å². The van der Waals surface area contributed by atoms with E-state index in [1.807, 2.05) is 0 Å². The van der Waals surface area contributed by atoms with Crippen molar-refractivity contribution in [2.75, 3.05) is 13.1 Å². The van der Waals surface area contributed by atoms with Crippen molar-refractivity contribution in [3.63, 3.8) is 0 Å². The fraction of sp³-hybridized carbons (Fsp3) is 0.611. The number of amides is 1. The first-order valence-corrected chi connectivity index (χ1v) is 8.40. The highest BCUT2D eigenvalue weighted by atomic mass is 16.2. The van der Waals surface area contributed by atoms with Crippen LogP contribution in [0.4, 0.5) is 0 Å². The Bertz CT molecular complexity index is 454. The summed E-state index contributed by atoms with van der Waals surface area (Å²) in [5, 5.41) is 3.48. The zero-order chi connectivity index (χ0) is 14.5. The Morgan fingerprint density at radius 3 is 2.81 bits per heavy atom. The van der Waals surface area contributed by atoms with Crippen LogP contribution in [0.3, 0.4) is 0 Å². The highest BCUT2D eigenvalue weighted by Gasteiger charge is 2.29. The molecule has 2 unspecified atom stereocenters. The number of nitrogens with one attached hydrogen (secondary N) is 1. The summed E-state index contributed by atoms with van der Waals surface area (Å²) in [6, 6.07) is 11.5. The number of nitrogens with zero attached hydrogens (tertiary/aromatic N) is 1. The van der Waals surface area contributed by atoms with E-state index in [4.69, 9.17) is 0 Å². The maximum Gasteiger partial charge on any atom is 0.222 e. The number of carbonyl (C=O) groups is 1. The van der Waals surface area contributed by atoms with Gasteiger partial charge in [-0.3, -0.25) is 4.79 Å². The minimum absolute atomic E-state index is 0.363. The van der Waals surface area contributed by atoms with Crippen LogP contribution in [0.1, 0.15) is 44.1 Å². The van der Waals surface area contributed by atoms with Crippen LogP contribution in [-0.4, -0.2) is 36.0 Å².